The van der Waals surface area contributed by atoms with Gasteiger partial charge in [0.1, 0.15) is 0 Å². The minimum absolute atomic E-state index is 0.210. The number of hydrogen-bond acceptors (Lipinski definition) is 5. The molecule has 0 bridgehead atoms. The maximum Gasteiger partial charge on any atom is 0.339 e. The van der Waals surface area contributed by atoms with E-state index in [0.717, 1.165) is 0 Å². The Hall–Kier alpha value is -2.44. The molecule has 2 aromatic rings. The van der Waals surface area contributed by atoms with Crippen molar-refractivity contribution in [2.75, 3.05) is 19.0 Å². The molecule has 27 heavy (non-hydrogen) atoms. The normalized spacial score (nSPS) is 11.4. The lowest BCUT2D eigenvalue weighted by molar-refractivity contribution is -0.123. The minimum Gasteiger partial charge on any atom is -0.493 e. The first-order valence-corrected chi connectivity index (χ1v) is 8.89. The van der Waals surface area contributed by atoms with Gasteiger partial charge < -0.3 is 19.5 Å². The Bertz CT molecular complexity index is 841. The van der Waals surface area contributed by atoms with Gasteiger partial charge in [0, 0.05) is 0 Å². The molecule has 6 nitrogen and oxygen atoms in total. The third kappa shape index (κ3) is 5.28. The lowest BCUT2D eigenvalue weighted by Gasteiger charge is -2.15. The summed E-state index contributed by atoms with van der Waals surface area (Å²) in [5.74, 6) is -0.298. The number of carbonyl (C=O) groups excluding carboxylic acids is 2. The van der Waals surface area contributed by atoms with Crippen molar-refractivity contribution in [3.63, 3.8) is 0 Å². The summed E-state index contributed by atoms with van der Waals surface area (Å²) >= 11 is 12.0. The summed E-state index contributed by atoms with van der Waals surface area (Å²) in [6.45, 7) is 3.76. The molecule has 0 saturated heterocycles. The van der Waals surface area contributed by atoms with Crippen molar-refractivity contribution in [3.05, 3.63) is 52.0 Å². The topological polar surface area (TPSA) is 73.9 Å². The van der Waals surface area contributed by atoms with Crippen LogP contribution in [0.25, 0.3) is 0 Å². The van der Waals surface area contributed by atoms with Gasteiger partial charge in [0.25, 0.3) is 5.91 Å². The molecular weight excluding hydrogens is 393 g/mol. The number of rotatable bonds is 7. The van der Waals surface area contributed by atoms with Crippen LogP contribution in [0, 0.1) is 0 Å². The Labute approximate surface area is 167 Å². The fourth-order valence-electron chi connectivity index (χ4n) is 2.19. The number of ether oxygens (including phenoxy) is 3. The first-order chi connectivity index (χ1) is 12.9. The summed E-state index contributed by atoms with van der Waals surface area (Å²) in [4.78, 5) is 24.6. The van der Waals surface area contributed by atoms with Crippen molar-refractivity contribution in [1.29, 1.82) is 0 Å². The summed E-state index contributed by atoms with van der Waals surface area (Å²) in [6, 6.07) is 9.47. The van der Waals surface area contributed by atoms with Gasteiger partial charge in [-0.05, 0) is 44.2 Å². The molecule has 0 saturated carbocycles. The number of anilines is 1. The second kappa shape index (κ2) is 9.48. The first-order valence-electron chi connectivity index (χ1n) is 8.14. The Morgan fingerprint density at radius 3 is 2.56 bits per heavy atom. The molecule has 2 rings (SSSR count). The average molecular weight is 412 g/mol. The zero-order valence-electron chi connectivity index (χ0n) is 15.0. The first kappa shape index (κ1) is 20.9. The van der Waals surface area contributed by atoms with E-state index >= 15 is 0 Å². The largest absolute Gasteiger partial charge is 0.493 e. The molecule has 144 valence electrons. The van der Waals surface area contributed by atoms with E-state index in [9.17, 15) is 9.59 Å². The Balaban J connectivity index is 2.06. The van der Waals surface area contributed by atoms with Crippen LogP contribution in [-0.4, -0.2) is 31.7 Å². The van der Waals surface area contributed by atoms with Crippen LogP contribution in [0.15, 0.2) is 36.4 Å². The summed E-state index contributed by atoms with van der Waals surface area (Å²) in [7, 11) is 1.47. The van der Waals surface area contributed by atoms with Crippen LogP contribution in [0.5, 0.6) is 11.5 Å². The molecule has 0 aliphatic carbocycles. The Morgan fingerprint density at radius 1 is 1.15 bits per heavy atom. The fourth-order valence-corrected chi connectivity index (χ4v) is 2.53. The maximum atomic E-state index is 12.3. The van der Waals surface area contributed by atoms with Crippen LogP contribution < -0.4 is 14.8 Å². The van der Waals surface area contributed by atoms with Crippen LogP contribution in [0.4, 0.5) is 5.69 Å². The van der Waals surface area contributed by atoms with E-state index in [1.165, 1.54) is 26.2 Å². The molecule has 0 spiro atoms. The van der Waals surface area contributed by atoms with E-state index in [4.69, 9.17) is 37.4 Å². The number of hydrogen-bond donors (Lipinski definition) is 1. The number of nitrogens with one attached hydrogen (secondary N) is 1. The predicted molar refractivity (Wildman–Crippen MR) is 104 cm³/mol. The van der Waals surface area contributed by atoms with E-state index in [-0.39, 0.29) is 10.6 Å². The van der Waals surface area contributed by atoms with Gasteiger partial charge in [-0.25, -0.2) is 4.79 Å². The van der Waals surface area contributed by atoms with Crippen molar-refractivity contribution < 1.29 is 23.8 Å². The summed E-state index contributed by atoms with van der Waals surface area (Å²) in [5, 5.41) is 3.10. The molecule has 1 atom stereocenters. The van der Waals surface area contributed by atoms with E-state index < -0.39 is 18.0 Å². The summed E-state index contributed by atoms with van der Waals surface area (Å²) in [6.07, 6.45) is -1.05. The molecule has 0 heterocycles. The highest BCUT2D eigenvalue weighted by Crippen LogP contribution is 2.30. The highest BCUT2D eigenvalue weighted by Gasteiger charge is 2.21. The van der Waals surface area contributed by atoms with Gasteiger partial charge in [-0.3, -0.25) is 4.79 Å². The van der Waals surface area contributed by atoms with Gasteiger partial charge in [-0.15, -0.1) is 0 Å². The maximum absolute atomic E-state index is 12.3. The second-order valence-electron chi connectivity index (χ2n) is 5.44. The van der Waals surface area contributed by atoms with Crippen LogP contribution >= 0.6 is 23.2 Å². The van der Waals surface area contributed by atoms with Crippen molar-refractivity contribution in [1.82, 2.24) is 0 Å². The molecule has 0 fully saturated rings. The molecule has 0 aromatic heterocycles. The lowest BCUT2D eigenvalue weighted by Crippen LogP contribution is -2.30. The second-order valence-corrected chi connectivity index (χ2v) is 6.22. The van der Waals surface area contributed by atoms with Crippen LogP contribution in [0.2, 0.25) is 10.0 Å². The monoisotopic (exact) mass is 411 g/mol. The summed E-state index contributed by atoms with van der Waals surface area (Å²) < 4.78 is 15.8. The summed E-state index contributed by atoms with van der Waals surface area (Å²) in [5.41, 5.74) is 0.565. The molecule has 1 amide bonds. The van der Waals surface area contributed by atoms with Gasteiger partial charge in [0.2, 0.25) is 0 Å². The Kier molecular flexibility index (Phi) is 7.33. The zero-order chi connectivity index (χ0) is 20.0. The number of benzene rings is 2. The van der Waals surface area contributed by atoms with E-state index in [2.05, 4.69) is 5.32 Å². The smallest absolute Gasteiger partial charge is 0.339 e. The molecule has 2 aromatic carbocycles. The average Bonchev–Trinajstić information content (AvgIpc) is 2.65. The quantitative estimate of drug-likeness (QED) is 0.674. The Morgan fingerprint density at radius 2 is 1.89 bits per heavy atom. The highest BCUT2D eigenvalue weighted by atomic mass is 35.5. The van der Waals surface area contributed by atoms with Crippen molar-refractivity contribution in [2.45, 2.75) is 20.0 Å². The molecule has 1 N–H and O–H groups in total. The van der Waals surface area contributed by atoms with Crippen molar-refractivity contribution in [2.24, 2.45) is 0 Å². The molecular formula is C19H19Cl2NO5. The number of amides is 1. The third-order valence-corrected chi connectivity index (χ3v) is 4.38. The van der Waals surface area contributed by atoms with Crippen LogP contribution in [-0.2, 0) is 9.53 Å². The van der Waals surface area contributed by atoms with Crippen molar-refractivity contribution >= 4 is 40.8 Å². The number of esters is 1. The molecule has 1 unspecified atom stereocenters. The number of halogens is 2. The SMILES string of the molecule is CCOc1ccc(C(=O)OC(C)C(=O)Nc2cccc(Cl)c2Cl)cc1OC. The number of carbonyl (C=O) groups is 2. The zero-order valence-corrected chi connectivity index (χ0v) is 16.6. The highest BCUT2D eigenvalue weighted by molar-refractivity contribution is 6.44. The molecule has 0 radical (unpaired) electrons. The van der Waals surface area contributed by atoms with Gasteiger partial charge in [-0.1, -0.05) is 29.3 Å². The van der Waals surface area contributed by atoms with Crippen LogP contribution in [0.3, 0.4) is 0 Å². The van der Waals surface area contributed by atoms with E-state index in [0.29, 0.717) is 28.8 Å². The lowest BCUT2D eigenvalue weighted by atomic mass is 10.2. The third-order valence-electron chi connectivity index (χ3n) is 3.56. The minimum atomic E-state index is -1.05. The standard InChI is InChI=1S/C19H19Cl2NO5/c1-4-26-15-9-8-12(10-16(15)25-3)19(24)27-11(2)18(23)22-14-7-5-6-13(20)17(14)21/h5-11H,4H2,1-3H3,(H,22,23). The molecule has 8 heteroatoms. The van der Waals surface area contributed by atoms with Gasteiger partial charge in [-0.2, -0.15) is 0 Å². The number of methoxy groups -OCH3 is 1. The molecule has 0 aliphatic rings. The molecule has 0 aliphatic heterocycles. The van der Waals surface area contributed by atoms with E-state index in [1.54, 1.807) is 24.3 Å². The van der Waals surface area contributed by atoms with Gasteiger partial charge in [0.15, 0.2) is 17.6 Å². The van der Waals surface area contributed by atoms with Crippen molar-refractivity contribution in [3.8, 4) is 11.5 Å². The van der Waals surface area contributed by atoms with Crippen LogP contribution in [0.1, 0.15) is 24.2 Å². The predicted octanol–water partition coefficient (Wildman–Crippen LogP) is 4.58. The van der Waals surface area contributed by atoms with Gasteiger partial charge >= 0.3 is 5.97 Å². The van der Waals surface area contributed by atoms with E-state index in [1.807, 2.05) is 6.92 Å². The van der Waals surface area contributed by atoms with Gasteiger partial charge in [0.05, 0.1) is 35.0 Å². The fraction of sp³-hybridized carbons (Fsp3) is 0.263.